The van der Waals surface area contributed by atoms with Crippen molar-refractivity contribution in [2.45, 2.75) is 32.8 Å². The fourth-order valence-corrected chi connectivity index (χ4v) is 3.32. The molecule has 19 heavy (non-hydrogen) atoms. The van der Waals surface area contributed by atoms with Crippen molar-refractivity contribution in [3.05, 3.63) is 0 Å². The second-order valence-corrected chi connectivity index (χ2v) is 6.39. The Morgan fingerprint density at radius 1 is 1.47 bits per heavy atom. The summed E-state index contributed by atoms with van der Waals surface area (Å²) in [6.07, 6.45) is 0.533. The predicted octanol–water partition coefficient (Wildman–Crippen LogP) is 0.0424. The maximum Gasteiger partial charge on any atom is 0.306 e. The summed E-state index contributed by atoms with van der Waals surface area (Å²) in [6, 6.07) is 0. The molecule has 0 aromatic rings. The van der Waals surface area contributed by atoms with Gasteiger partial charge in [-0.15, -0.1) is 0 Å². The lowest BCUT2D eigenvalue weighted by molar-refractivity contribution is -0.142. The lowest BCUT2D eigenvalue weighted by Crippen LogP contribution is -2.47. The van der Waals surface area contributed by atoms with Gasteiger partial charge in [0.1, 0.15) is 0 Å². The molecule has 1 atom stereocenters. The molecular formula is C11H22N2O5S. The van der Waals surface area contributed by atoms with Gasteiger partial charge in [-0.2, -0.15) is 17.4 Å². The zero-order valence-corrected chi connectivity index (χ0v) is 12.1. The summed E-state index contributed by atoms with van der Waals surface area (Å²) in [5.41, 5.74) is 0. The summed E-state index contributed by atoms with van der Waals surface area (Å²) in [7, 11) is -3.54. The minimum absolute atomic E-state index is 0.184. The van der Waals surface area contributed by atoms with E-state index < -0.39 is 22.1 Å². The Bertz CT molecular complexity index is 390. The second kappa shape index (κ2) is 7.18. The van der Waals surface area contributed by atoms with Gasteiger partial charge in [-0.3, -0.25) is 4.79 Å². The third-order valence-electron chi connectivity index (χ3n) is 3.15. The molecule has 1 rings (SSSR count). The molecule has 1 aliphatic heterocycles. The van der Waals surface area contributed by atoms with E-state index in [1.807, 2.05) is 6.92 Å². The molecule has 0 aromatic heterocycles. The first-order valence-electron chi connectivity index (χ1n) is 6.46. The molecule has 8 heteroatoms. The summed E-state index contributed by atoms with van der Waals surface area (Å²) in [5.74, 6) is -1.29. The lowest BCUT2D eigenvalue weighted by Gasteiger charge is -2.29. The largest absolute Gasteiger partial charge is 0.481 e. The number of rotatable bonds is 7. The average molecular weight is 294 g/mol. The molecular weight excluding hydrogens is 272 g/mol. The van der Waals surface area contributed by atoms with Gasteiger partial charge >= 0.3 is 5.97 Å². The van der Waals surface area contributed by atoms with Gasteiger partial charge in [0, 0.05) is 26.2 Å². The summed E-state index contributed by atoms with van der Waals surface area (Å²) in [6.45, 7) is 4.89. The summed E-state index contributed by atoms with van der Waals surface area (Å²) < 4.78 is 33.0. The lowest BCUT2D eigenvalue weighted by atomic mass is 9.99. The fraction of sp³-hybridized carbons (Fsp3) is 0.909. The molecule has 0 bridgehead atoms. The minimum Gasteiger partial charge on any atom is -0.481 e. The molecule has 0 radical (unpaired) electrons. The Morgan fingerprint density at radius 2 is 2.05 bits per heavy atom. The van der Waals surface area contributed by atoms with Crippen LogP contribution in [0.1, 0.15) is 26.7 Å². The number of hydrogen-bond acceptors (Lipinski definition) is 4. The molecule has 1 fully saturated rings. The van der Waals surface area contributed by atoms with E-state index in [1.54, 1.807) is 6.92 Å². The van der Waals surface area contributed by atoms with Gasteiger partial charge in [-0.25, -0.2) is 0 Å². The van der Waals surface area contributed by atoms with Crippen LogP contribution < -0.4 is 4.72 Å². The van der Waals surface area contributed by atoms with Gasteiger partial charge in [0.05, 0.1) is 12.0 Å². The topological polar surface area (TPSA) is 95.9 Å². The normalized spacial score (nSPS) is 20.3. The van der Waals surface area contributed by atoms with Crippen molar-refractivity contribution in [1.82, 2.24) is 9.03 Å². The standard InChI is InChI=1S/C11H22N2O5S/c1-3-18-9(2)8-12-19(16,17)13-6-4-10(5-7-13)11(14)15/h9-10,12H,3-8H2,1-2H3,(H,14,15). The summed E-state index contributed by atoms with van der Waals surface area (Å²) >= 11 is 0. The number of nitrogens with one attached hydrogen (secondary N) is 1. The first kappa shape index (κ1) is 16.4. The Hall–Kier alpha value is -0.700. The number of hydrogen-bond donors (Lipinski definition) is 2. The average Bonchev–Trinajstić information content (AvgIpc) is 2.37. The molecule has 7 nitrogen and oxygen atoms in total. The molecule has 0 aromatic carbocycles. The van der Waals surface area contributed by atoms with Gasteiger partial charge in [0.2, 0.25) is 0 Å². The zero-order chi connectivity index (χ0) is 14.5. The third kappa shape index (κ3) is 5.06. The van der Waals surface area contributed by atoms with Crippen LogP contribution >= 0.6 is 0 Å². The van der Waals surface area contributed by atoms with Crippen molar-refractivity contribution in [3.8, 4) is 0 Å². The van der Waals surface area contributed by atoms with Crippen molar-refractivity contribution in [2.75, 3.05) is 26.2 Å². The highest BCUT2D eigenvalue weighted by Gasteiger charge is 2.30. The van der Waals surface area contributed by atoms with Crippen LogP contribution in [0.3, 0.4) is 0 Å². The van der Waals surface area contributed by atoms with E-state index >= 15 is 0 Å². The minimum atomic E-state index is -3.54. The monoisotopic (exact) mass is 294 g/mol. The number of carbonyl (C=O) groups is 1. The van der Waals surface area contributed by atoms with Crippen LogP contribution in [0.5, 0.6) is 0 Å². The Balaban J connectivity index is 2.44. The van der Waals surface area contributed by atoms with E-state index in [1.165, 1.54) is 4.31 Å². The first-order valence-corrected chi connectivity index (χ1v) is 7.90. The number of ether oxygens (including phenoxy) is 1. The van der Waals surface area contributed by atoms with E-state index in [-0.39, 0.29) is 25.7 Å². The molecule has 0 amide bonds. The van der Waals surface area contributed by atoms with Gasteiger partial charge in [0.15, 0.2) is 0 Å². The summed E-state index contributed by atoms with van der Waals surface area (Å²) in [5, 5.41) is 8.86. The van der Waals surface area contributed by atoms with Gasteiger partial charge in [0.25, 0.3) is 10.2 Å². The molecule has 1 aliphatic rings. The van der Waals surface area contributed by atoms with Crippen molar-refractivity contribution in [2.24, 2.45) is 5.92 Å². The fourth-order valence-electron chi connectivity index (χ4n) is 2.00. The van der Waals surface area contributed by atoms with Crippen LogP contribution in [-0.4, -0.2) is 56.1 Å². The van der Waals surface area contributed by atoms with E-state index in [0.717, 1.165) is 0 Å². The molecule has 112 valence electrons. The summed E-state index contributed by atoms with van der Waals surface area (Å²) in [4.78, 5) is 10.8. The number of piperidine rings is 1. The predicted molar refractivity (Wildman–Crippen MR) is 69.9 cm³/mol. The van der Waals surface area contributed by atoms with Crippen LogP contribution in [0.25, 0.3) is 0 Å². The Morgan fingerprint density at radius 3 is 2.53 bits per heavy atom. The molecule has 1 saturated heterocycles. The quantitative estimate of drug-likeness (QED) is 0.691. The van der Waals surface area contributed by atoms with Gasteiger partial charge in [-0.05, 0) is 26.7 Å². The highest BCUT2D eigenvalue weighted by molar-refractivity contribution is 7.87. The van der Waals surface area contributed by atoms with Crippen molar-refractivity contribution in [1.29, 1.82) is 0 Å². The van der Waals surface area contributed by atoms with E-state index in [2.05, 4.69) is 4.72 Å². The van der Waals surface area contributed by atoms with Crippen LogP contribution in [0, 0.1) is 5.92 Å². The maximum atomic E-state index is 12.0. The van der Waals surface area contributed by atoms with E-state index in [4.69, 9.17) is 9.84 Å². The van der Waals surface area contributed by atoms with E-state index in [0.29, 0.717) is 19.4 Å². The second-order valence-electron chi connectivity index (χ2n) is 4.63. The molecule has 1 heterocycles. The molecule has 0 saturated carbocycles. The van der Waals surface area contributed by atoms with Crippen molar-refractivity contribution < 1.29 is 23.1 Å². The number of carboxylic acids is 1. The van der Waals surface area contributed by atoms with Crippen LogP contribution in [0.2, 0.25) is 0 Å². The van der Waals surface area contributed by atoms with Crippen LogP contribution in [-0.2, 0) is 19.7 Å². The van der Waals surface area contributed by atoms with Crippen molar-refractivity contribution in [3.63, 3.8) is 0 Å². The van der Waals surface area contributed by atoms with Gasteiger partial charge < -0.3 is 9.84 Å². The van der Waals surface area contributed by atoms with Crippen LogP contribution in [0.15, 0.2) is 0 Å². The van der Waals surface area contributed by atoms with Gasteiger partial charge in [-0.1, -0.05) is 0 Å². The van der Waals surface area contributed by atoms with E-state index in [9.17, 15) is 13.2 Å². The number of carboxylic acid groups (broad SMARTS) is 1. The highest BCUT2D eigenvalue weighted by Crippen LogP contribution is 2.19. The molecule has 1 unspecified atom stereocenters. The van der Waals surface area contributed by atoms with Crippen LogP contribution in [0.4, 0.5) is 0 Å². The third-order valence-corrected chi connectivity index (χ3v) is 4.72. The highest BCUT2D eigenvalue weighted by atomic mass is 32.2. The molecule has 0 spiro atoms. The molecule has 2 N–H and O–H groups in total. The number of aliphatic carboxylic acids is 1. The first-order chi connectivity index (χ1) is 8.86. The Labute approximate surface area is 114 Å². The SMILES string of the molecule is CCOC(C)CNS(=O)(=O)N1CCC(C(=O)O)CC1. The zero-order valence-electron chi connectivity index (χ0n) is 11.3. The number of nitrogens with zero attached hydrogens (tertiary/aromatic N) is 1. The maximum absolute atomic E-state index is 12.0. The Kier molecular flexibility index (Phi) is 6.18. The smallest absolute Gasteiger partial charge is 0.306 e. The molecule has 0 aliphatic carbocycles. The van der Waals surface area contributed by atoms with Crippen molar-refractivity contribution >= 4 is 16.2 Å².